The lowest BCUT2D eigenvalue weighted by molar-refractivity contribution is 0.549. The molecular weight excluding hydrogens is 182 g/mol. The Hall–Kier alpha value is -0.0962. The summed E-state index contributed by atoms with van der Waals surface area (Å²) in [6, 6.07) is 0. The van der Waals surface area contributed by atoms with Crippen LogP contribution in [-0.4, -0.2) is 22.5 Å². The Balaban J connectivity index is 7.18. The van der Waals surface area contributed by atoms with Crippen LogP contribution in [0.4, 0.5) is 0 Å². The minimum atomic E-state index is -5.90. The highest BCUT2D eigenvalue weighted by Crippen LogP contribution is 2.07. The summed E-state index contributed by atoms with van der Waals surface area (Å²) in [5.74, 6) is -1.24. The van der Waals surface area contributed by atoms with Crippen LogP contribution in [0.15, 0.2) is 4.66 Å². The fourth-order valence-electron chi connectivity index (χ4n) is 0.481. The van der Waals surface area contributed by atoms with Gasteiger partial charge in [0.25, 0.3) is 0 Å². The summed E-state index contributed by atoms with van der Waals surface area (Å²) in [5.41, 5.74) is 0. The molecule has 0 amide bonds. The molecule has 0 unspecified atom stereocenters. The minimum absolute atomic E-state index is 0.649. The molecule has 0 aromatic carbocycles. The SMILES string of the molecule is [2H]C([2H])([2H])[Si](N=C(C)O[Si](C([2H])([2H])[2H])(C([2H])([2H])[2H])C([2H])([2H])[2H])(C([2H])([2H])[2H])C([2H])([2H])[2H]. The predicted molar refractivity (Wildman–Crippen MR) is 60.9 cm³/mol. The molecule has 0 fully saturated rings. The van der Waals surface area contributed by atoms with Crippen LogP contribution in [-0.2, 0) is 4.43 Å². The second kappa shape index (κ2) is 3.74. The fourth-order valence-corrected chi connectivity index (χ4v) is 1.58. The normalized spacial score (nSPS) is 43.2. The maximum Gasteiger partial charge on any atom is 0.243 e. The Morgan fingerprint density at radius 1 is 1.17 bits per heavy atom. The van der Waals surface area contributed by atoms with Crippen LogP contribution in [0.2, 0.25) is 38.9 Å². The van der Waals surface area contributed by atoms with Crippen LogP contribution in [0.25, 0.3) is 0 Å². The molecule has 72 valence electrons. The van der Waals surface area contributed by atoms with Gasteiger partial charge in [-0.05, 0) is 38.9 Å². The van der Waals surface area contributed by atoms with E-state index in [1.807, 2.05) is 0 Å². The number of hydrogen-bond acceptors (Lipinski definition) is 2. The van der Waals surface area contributed by atoms with Crippen molar-refractivity contribution in [3.8, 4) is 0 Å². The highest BCUT2D eigenvalue weighted by molar-refractivity contribution is 6.76. The third-order valence-electron chi connectivity index (χ3n) is 0.626. The molecular formula is C8H21NOSi2. The molecule has 0 bridgehead atoms. The van der Waals surface area contributed by atoms with E-state index in [1.165, 1.54) is 0 Å². The Morgan fingerprint density at radius 3 is 2.17 bits per heavy atom. The van der Waals surface area contributed by atoms with Crippen LogP contribution in [0, 0.1) is 0 Å². The molecule has 0 aliphatic carbocycles. The summed E-state index contributed by atoms with van der Waals surface area (Å²) in [4.78, 5) is 0. The predicted octanol–water partition coefficient (Wildman–Crippen LogP) is 3.09. The standard InChI is InChI=1S/C8H21NOSi2/c1-8(9-11(2,3)4)10-12(5,6)7/h1-7H3/i2D3,3D3,4D3,5D3,6D3,7D3. The van der Waals surface area contributed by atoms with Gasteiger partial charge in [-0.25, -0.2) is 0 Å². The monoisotopic (exact) mass is 221 g/mol. The fraction of sp³-hybridized carbons (Fsp3) is 0.875. The maximum atomic E-state index is 7.53. The first-order chi connectivity index (χ1) is 12.6. The van der Waals surface area contributed by atoms with Crippen molar-refractivity contribution in [3.63, 3.8) is 0 Å². The van der Waals surface area contributed by atoms with Crippen molar-refractivity contribution < 1.29 is 29.1 Å². The molecule has 0 aromatic rings. The number of nitrogens with zero attached hydrogens (tertiary/aromatic N) is 1. The summed E-state index contributed by atoms with van der Waals surface area (Å²) in [5, 5.41) is 0. The van der Waals surface area contributed by atoms with Crippen LogP contribution in [0.1, 0.15) is 31.6 Å². The first kappa shape index (κ1) is 1.69. The van der Waals surface area contributed by atoms with E-state index in [9.17, 15) is 0 Å². The van der Waals surface area contributed by atoms with Crippen molar-refractivity contribution >= 4 is 22.5 Å². The summed E-state index contributed by atoms with van der Waals surface area (Å²) in [6.45, 7) is -21.6. The largest absolute Gasteiger partial charge is 0.535 e. The average molecular weight is 222 g/mol. The van der Waals surface area contributed by atoms with Crippen molar-refractivity contribution in [1.82, 2.24) is 0 Å². The van der Waals surface area contributed by atoms with Gasteiger partial charge in [0, 0.05) is 31.6 Å². The molecule has 0 aliphatic heterocycles. The number of hydrogen-bond donors (Lipinski definition) is 0. The molecule has 0 N–H and O–H groups in total. The van der Waals surface area contributed by atoms with E-state index in [1.54, 1.807) is 0 Å². The molecule has 0 rings (SSSR count). The molecule has 12 heavy (non-hydrogen) atoms. The summed E-state index contributed by atoms with van der Waals surface area (Å²) < 4.78 is 144. The molecule has 4 heteroatoms. The van der Waals surface area contributed by atoms with E-state index < -0.39 is 61.3 Å². The average Bonchev–Trinajstić information content (AvgIpc) is 2.33. The van der Waals surface area contributed by atoms with Crippen LogP contribution >= 0.6 is 0 Å². The highest BCUT2D eigenvalue weighted by atomic mass is 28.4. The molecule has 0 saturated carbocycles. The Bertz CT molecular complexity index is 572. The molecule has 0 heterocycles. The van der Waals surface area contributed by atoms with Crippen molar-refractivity contribution in [2.24, 2.45) is 4.66 Å². The van der Waals surface area contributed by atoms with E-state index in [0.717, 1.165) is 0 Å². The molecule has 0 radical (unpaired) electrons. The minimum Gasteiger partial charge on any atom is -0.535 e. The van der Waals surface area contributed by atoms with E-state index >= 15 is 0 Å². The first-order valence-corrected chi connectivity index (χ1v) is 6.71. The van der Waals surface area contributed by atoms with Crippen molar-refractivity contribution in [2.75, 3.05) is 0 Å². The van der Waals surface area contributed by atoms with E-state index in [2.05, 4.69) is 4.66 Å². The lowest BCUT2D eigenvalue weighted by Gasteiger charge is -2.21. The zero-order valence-corrected chi connectivity index (χ0v) is 8.36. The molecule has 0 atom stereocenters. The second-order valence-corrected chi connectivity index (χ2v) is 5.34. The highest BCUT2D eigenvalue weighted by Gasteiger charge is 2.18. The summed E-state index contributed by atoms with van der Waals surface area (Å²) in [7, 11) is -11.7. The Labute approximate surface area is 104 Å². The van der Waals surface area contributed by atoms with Gasteiger partial charge in [-0.1, -0.05) is 0 Å². The molecule has 0 saturated heterocycles. The lowest BCUT2D eigenvalue weighted by Crippen LogP contribution is -2.30. The van der Waals surface area contributed by atoms with Crippen molar-refractivity contribution in [2.45, 2.75) is 45.8 Å². The topological polar surface area (TPSA) is 21.6 Å². The van der Waals surface area contributed by atoms with Gasteiger partial charge in [-0.2, -0.15) is 0 Å². The van der Waals surface area contributed by atoms with Gasteiger partial charge in [0.15, 0.2) is 14.1 Å². The maximum absolute atomic E-state index is 7.53. The van der Waals surface area contributed by atoms with Gasteiger partial charge in [0.05, 0.1) is 0 Å². The van der Waals surface area contributed by atoms with Gasteiger partial charge in [-0.15, -0.1) is 0 Å². The first-order valence-electron chi connectivity index (χ1n) is 11.9. The van der Waals surface area contributed by atoms with Gasteiger partial charge in [-0.3, -0.25) is 4.66 Å². The summed E-state index contributed by atoms with van der Waals surface area (Å²) in [6.07, 6.45) is 0. The Kier molecular flexibility index (Phi) is 0.528. The van der Waals surface area contributed by atoms with Gasteiger partial charge in [0.2, 0.25) is 8.32 Å². The van der Waals surface area contributed by atoms with E-state index in [0.29, 0.717) is 6.92 Å². The van der Waals surface area contributed by atoms with Gasteiger partial charge in [0.1, 0.15) is 0 Å². The van der Waals surface area contributed by atoms with Crippen molar-refractivity contribution in [1.29, 1.82) is 0 Å². The number of rotatable bonds is 2. The third kappa shape index (κ3) is 8.00. The molecule has 0 aliphatic rings. The Morgan fingerprint density at radius 2 is 1.75 bits per heavy atom. The van der Waals surface area contributed by atoms with Gasteiger partial charge < -0.3 is 4.43 Å². The third-order valence-corrected chi connectivity index (χ3v) is 1.88. The zero-order valence-electron chi connectivity index (χ0n) is 24.4. The van der Waals surface area contributed by atoms with Crippen molar-refractivity contribution in [3.05, 3.63) is 0 Å². The second-order valence-electron chi connectivity index (χ2n) is 2.12. The smallest absolute Gasteiger partial charge is 0.243 e. The molecule has 0 spiro atoms. The molecule has 2 nitrogen and oxygen atoms in total. The molecule has 0 aromatic heterocycles. The quantitative estimate of drug-likeness (QED) is 0.399. The van der Waals surface area contributed by atoms with Crippen LogP contribution in [0.5, 0.6) is 0 Å². The van der Waals surface area contributed by atoms with Crippen LogP contribution < -0.4 is 0 Å². The zero-order chi connectivity index (χ0) is 25.0. The summed E-state index contributed by atoms with van der Waals surface area (Å²) >= 11 is 0. The van der Waals surface area contributed by atoms with Gasteiger partial charge >= 0.3 is 0 Å². The van der Waals surface area contributed by atoms with E-state index in [4.69, 9.17) is 29.1 Å². The van der Waals surface area contributed by atoms with E-state index in [-0.39, 0.29) is 0 Å². The van der Waals surface area contributed by atoms with Crippen LogP contribution in [0.3, 0.4) is 0 Å². The lowest BCUT2D eigenvalue weighted by atomic mass is 10.8.